The number of anilines is 1. The number of pyridine rings is 1. The Labute approximate surface area is 180 Å². The van der Waals surface area contributed by atoms with Gasteiger partial charge in [-0.25, -0.2) is 4.21 Å². The molecule has 0 bridgehead atoms. The van der Waals surface area contributed by atoms with Gasteiger partial charge < -0.3 is 10.0 Å². The molecule has 1 aliphatic heterocycles. The van der Waals surface area contributed by atoms with Crippen molar-refractivity contribution in [1.29, 1.82) is 0 Å². The minimum atomic E-state index is -1.71. The van der Waals surface area contributed by atoms with Gasteiger partial charge in [-0.2, -0.15) is 0 Å². The fraction of sp³-hybridized carbons (Fsp3) is 0.0455. The van der Waals surface area contributed by atoms with E-state index in [0.717, 1.165) is 5.56 Å². The first-order valence-electron chi connectivity index (χ1n) is 9.03. The third-order valence-electron chi connectivity index (χ3n) is 4.47. The highest BCUT2D eigenvalue weighted by atomic mass is 35.5. The van der Waals surface area contributed by atoms with E-state index in [1.165, 1.54) is 12.1 Å². The molecule has 0 aliphatic carbocycles. The van der Waals surface area contributed by atoms with Crippen LogP contribution < -0.4 is 10.0 Å². The van der Waals surface area contributed by atoms with Crippen molar-refractivity contribution < 1.29 is 13.8 Å². The number of hydrogen-bond acceptors (Lipinski definition) is 4. The summed E-state index contributed by atoms with van der Waals surface area (Å²) in [7, 11) is -1.71. The minimum absolute atomic E-state index is 0.0951. The number of hydrogen-bond donors (Lipinski definition) is 2. The van der Waals surface area contributed by atoms with Crippen molar-refractivity contribution in [1.82, 2.24) is 10.3 Å². The van der Waals surface area contributed by atoms with Crippen molar-refractivity contribution in [3.05, 3.63) is 99.2 Å². The molecule has 0 radical (unpaired) electrons. The lowest BCUT2D eigenvalue weighted by Gasteiger charge is -2.19. The van der Waals surface area contributed by atoms with Crippen molar-refractivity contribution in [3.63, 3.8) is 0 Å². The summed E-state index contributed by atoms with van der Waals surface area (Å²) >= 11 is 5.99. The highest BCUT2D eigenvalue weighted by molar-refractivity contribution is 7.91. The van der Waals surface area contributed by atoms with Crippen molar-refractivity contribution >= 4 is 46.0 Å². The number of halogens is 1. The summed E-state index contributed by atoms with van der Waals surface area (Å²) in [6, 6.07) is 15.2. The maximum absolute atomic E-state index is 13.0. The standard InChI is InChI=1S/C22H16ClN3O3S/c23-17-5-1-3-14(9-17)10-20-21(27)18-11-16(6-7-19(18)26-30(20)29)22(28)25-13-15-4-2-8-24-12-15/h1-12,26H,13H2,(H,25,28)/b20-10+. The van der Waals surface area contributed by atoms with Crippen LogP contribution in [-0.2, 0) is 17.5 Å². The van der Waals surface area contributed by atoms with Gasteiger partial charge in [-0.1, -0.05) is 29.8 Å². The zero-order valence-corrected chi connectivity index (χ0v) is 17.2. The van der Waals surface area contributed by atoms with Crippen LogP contribution in [0.25, 0.3) is 6.08 Å². The van der Waals surface area contributed by atoms with E-state index in [4.69, 9.17) is 11.6 Å². The molecule has 2 N–H and O–H groups in total. The molecule has 4 rings (SSSR count). The van der Waals surface area contributed by atoms with Crippen molar-refractivity contribution in [3.8, 4) is 0 Å². The van der Waals surface area contributed by atoms with Crippen molar-refractivity contribution in [2.24, 2.45) is 0 Å². The molecule has 30 heavy (non-hydrogen) atoms. The number of nitrogens with zero attached hydrogens (tertiary/aromatic N) is 1. The first-order chi connectivity index (χ1) is 14.5. The summed E-state index contributed by atoms with van der Waals surface area (Å²) in [5, 5.41) is 3.32. The Balaban J connectivity index is 1.59. The van der Waals surface area contributed by atoms with Gasteiger partial charge >= 0.3 is 0 Å². The van der Waals surface area contributed by atoms with E-state index in [0.29, 0.717) is 28.4 Å². The highest BCUT2D eigenvalue weighted by Gasteiger charge is 2.28. The molecule has 1 amide bonds. The number of ketones is 1. The molecular weight excluding hydrogens is 422 g/mol. The molecule has 0 spiro atoms. The second kappa shape index (κ2) is 8.61. The van der Waals surface area contributed by atoms with E-state index < -0.39 is 16.8 Å². The molecule has 0 saturated carbocycles. The smallest absolute Gasteiger partial charge is 0.251 e. The topological polar surface area (TPSA) is 88.2 Å². The molecule has 8 heteroatoms. The van der Waals surface area contributed by atoms with Crippen LogP contribution in [0.5, 0.6) is 0 Å². The second-order valence-corrected chi connectivity index (χ2v) is 8.19. The predicted octanol–water partition coefficient (Wildman–Crippen LogP) is 3.98. The third kappa shape index (κ3) is 4.32. The van der Waals surface area contributed by atoms with Gasteiger partial charge in [0.2, 0.25) is 5.78 Å². The monoisotopic (exact) mass is 437 g/mol. The van der Waals surface area contributed by atoms with Gasteiger partial charge in [-0.15, -0.1) is 0 Å². The number of fused-ring (bicyclic) bond motifs is 1. The first kappa shape index (κ1) is 20.0. The summed E-state index contributed by atoms with van der Waals surface area (Å²) < 4.78 is 15.3. The Morgan fingerprint density at radius 2 is 2.03 bits per heavy atom. The van der Waals surface area contributed by atoms with Crippen LogP contribution in [0.1, 0.15) is 31.8 Å². The van der Waals surface area contributed by atoms with E-state index in [1.54, 1.807) is 54.9 Å². The Hall–Kier alpha value is -3.29. The van der Waals surface area contributed by atoms with Gasteiger partial charge in [0.1, 0.15) is 4.91 Å². The van der Waals surface area contributed by atoms with Gasteiger partial charge in [0.25, 0.3) is 5.91 Å². The number of benzene rings is 2. The lowest BCUT2D eigenvalue weighted by Crippen LogP contribution is -2.25. The molecule has 0 fully saturated rings. The van der Waals surface area contributed by atoms with Crippen molar-refractivity contribution in [2.75, 3.05) is 4.72 Å². The minimum Gasteiger partial charge on any atom is -0.348 e. The summed E-state index contributed by atoms with van der Waals surface area (Å²) in [5.74, 6) is -0.717. The van der Waals surface area contributed by atoms with Crippen LogP contribution in [-0.4, -0.2) is 20.9 Å². The molecule has 150 valence electrons. The lowest BCUT2D eigenvalue weighted by molar-refractivity contribution is 0.0951. The number of carbonyl (C=O) groups excluding carboxylic acids is 2. The van der Waals surface area contributed by atoms with Gasteiger partial charge in [0, 0.05) is 35.1 Å². The van der Waals surface area contributed by atoms with Gasteiger partial charge in [-0.3, -0.25) is 14.6 Å². The van der Waals surface area contributed by atoms with E-state index in [9.17, 15) is 13.8 Å². The zero-order chi connectivity index (χ0) is 21.1. The van der Waals surface area contributed by atoms with E-state index >= 15 is 0 Å². The maximum atomic E-state index is 13.0. The van der Waals surface area contributed by atoms with Crippen molar-refractivity contribution in [2.45, 2.75) is 6.54 Å². The molecule has 1 unspecified atom stereocenters. The van der Waals surface area contributed by atoms with Gasteiger partial charge in [-0.05, 0) is 53.6 Å². The van der Waals surface area contributed by atoms with Gasteiger partial charge in [0.05, 0.1) is 5.69 Å². The fourth-order valence-corrected chi connectivity index (χ4v) is 4.20. The molecule has 6 nitrogen and oxygen atoms in total. The highest BCUT2D eigenvalue weighted by Crippen LogP contribution is 2.30. The Bertz CT molecular complexity index is 1200. The average Bonchev–Trinajstić information content (AvgIpc) is 2.75. The largest absolute Gasteiger partial charge is 0.348 e. The first-order valence-corrected chi connectivity index (χ1v) is 10.6. The van der Waals surface area contributed by atoms with E-state index in [-0.39, 0.29) is 16.4 Å². The molecule has 1 atom stereocenters. The molecule has 2 aromatic carbocycles. The average molecular weight is 438 g/mol. The second-order valence-electron chi connectivity index (χ2n) is 6.57. The summed E-state index contributed by atoms with van der Waals surface area (Å²) in [6.07, 6.45) is 4.87. The third-order valence-corrected chi connectivity index (χ3v) is 5.82. The molecular formula is C22H16ClN3O3S. The Morgan fingerprint density at radius 3 is 2.80 bits per heavy atom. The number of carbonyl (C=O) groups is 2. The quantitative estimate of drug-likeness (QED) is 0.604. The number of nitrogens with one attached hydrogen (secondary N) is 2. The zero-order valence-electron chi connectivity index (χ0n) is 15.6. The number of aromatic nitrogens is 1. The number of amides is 1. The van der Waals surface area contributed by atoms with Gasteiger partial charge in [0.15, 0.2) is 11.0 Å². The van der Waals surface area contributed by atoms with Crippen LogP contribution >= 0.6 is 11.6 Å². The SMILES string of the molecule is O=C(NCc1cccnc1)c1ccc2c(c1)C(=O)/C(=C\c1cccc(Cl)c1)S(=O)N2. The molecule has 3 aromatic rings. The van der Waals surface area contributed by atoms with E-state index in [1.807, 2.05) is 6.07 Å². The number of allylic oxidation sites excluding steroid dienone is 1. The maximum Gasteiger partial charge on any atom is 0.251 e. The van der Waals surface area contributed by atoms with Crippen LogP contribution in [0.3, 0.4) is 0 Å². The number of Topliss-reactive ketones (excluding diaryl/α,β-unsaturated/α-hetero) is 1. The fourth-order valence-electron chi connectivity index (χ4n) is 2.99. The van der Waals surface area contributed by atoms with E-state index in [2.05, 4.69) is 15.0 Å². The van der Waals surface area contributed by atoms with Crippen LogP contribution in [0, 0.1) is 0 Å². The summed E-state index contributed by atoms with van der Waals surface area (Å²) in [4.78, 5) is 29.6. The normalized spacial score (nSPS) is 16.6. The van der Waals surface area contributed by atoms with Crippen LogP contribution in [0.2, 0.25) is 5.02 Å². The molecule has 1 aliphatic rings. The number of rotatable bonds is 4. The lowest BCUT2D eigenvalue weighted by atomic mass is 10.0. The molecule has 0 saturated heterocycles. The molecule has 1 aromatic heterocycles. The summed E-state index contributed by atoms with van der Waals surface area (Å²) in [5.41, 5.74) is 2.57. The summed E-state index contributed by atoms with van der Waals surface area (Å²) in [6.45, 7) is 0.319. The predicted molar refractivity (Wildman–Crippen MR) is 117 cm³/mol. The molecule has 2 heterocycles. The van der Waals surface area contributed by atoms with Crippen LogP contribution in [0.4, 0.5) is 5.69 Å². The Kier molecular flexibility index (Phi) is 5.74. The van der Waals surface area contributed by atoms with Crippen LogP contribution in [0.15, 0.2) is 71.9 Å². The Morgan fingerprint density at radius 1 is 1.17 bits per heavy atom.